The first-order chi connectivity index (χ1) is 15.1. The van der Waals surface area contributed by atoms with Gasteiger partial charge in [0.15, 0.2) is 5.96 Å². The largest absolute Gasteiger partial charge is 0.489 e. The lowest BCUT2D eigenvalue weighted by molar-refractivity contribution is 0.222. The lowest BCUT2D eigenvalue weighted by Gasteiger charge is -2.34. The molecule has 176 valence electrons. The zero-order chi connectivity index (χ0) is 22.1. The first kappa shape index (κ1) is 26.2. The van der Waals surface area contributed by atoms with Crippen LogP contribution >= 0.6 is 24.0 Å². The molecule has 1 aliphatic rings. The van der Waals surface area contributed by atoms with Gasteiger partial charge in [-0.3, -0.25) is 4.99 Å². The van der Waals surface area contributed by atoms with E-state index in [-0.39, 0.29) is 30.1 Å². The van der Waals surface area contributed by atoms with Crippen molar-refractivity contribution in [2.45, 2.75) is 33.4 Å². The number of guanidine groups is 1. The van der Waals surface area contributed by atoms with Gasteiger partial charge in [-0.1, -0.05) is 31.2 Å². The molecular weight excluding hydrogens is 515 g/mol. The average molecular weight is 553 g/mol. The van der Waals surface area contributed by atoms with Gasteiger partial charge in [-0.15, -0.1) is 24.0 Å². The van der Waals surface area contributed by atoms with Crippen molar-refractivity contribution < 1.29 is 4.74 Å². The number of para-hydroxylation sites is 1. The molecule has 32 heavy (non-hydrogen) atoms. The van der Waals surface area contributed by atoms with Crippen molar-refractivity contribution in [3.63, 3.8) is 0 Å². The summed E-state index contributed by atoms with van der Waals surface area (Å²) < 4.78 is 6.02. The summed E-state index contributed by atoms with van der Waals surface area (Å²) in [7, 11) is 1.78. The maximum atomic E-state index is 6.02. The number of aryl methyl sites for hydroxylation is 1. The maximum Gasteiger partial charge on any atom is 0.191 e. The van der Waals surface area contributed by atoms with Gasteiger partial charge in [0, 0.05) is 46.0 Å². The van der Waals surface area contributed by atoms with Gasteiger partial charge in [0.2, 0.25) is 0 Å². The highest BCUT2D eigenvalue weighted by Gasteiger charge is 2.16. The molecule has 7 nitrogen and oxygen atoms in total. The summed E-state index contributed by atoms with van der Waals surface area (Å²) in [5, 5.41) is 6.68. The van der Waals surface area contributed by atoms with E-state index < -0.39 is 0 Å². The van der Waals surface area contributed by atoms with Gasteiger partial charge >= 0.3 is 0 Å². The highest BCUT2D eigenvalue weighted by Crippen LogP contribution is 2.17. The average Bonchev–Trinajstić information content (AvgIpc) is 2.81. The first-order valence-corrected chi connectivity index (χ1v) is 11.2. The second-order valence-corrected chi connectivity index (χ2v) is 7.95. The van der Waals surface area contributed by atoms with Crippen LogP contribution in [0.1, 0.15) is 25.0 Å². The monoisotopic (exact) mass is 552 g/mol. The van der Waals surface area contributed by atoms with E-state index in [1.54, 1.807) is 7.05 Å². The van der Waals surface area contributed by atoms with Crippen LogP contribution in [0.4, 0.5) is 5.82 Å². The van der Waals surface area contributed by atoms with Crippen molar-refractivity contribution in [1.82, 2.24) is 20.5 Å². The van der Waals surface area contributed by atoms with E-state index in [0.717, 1.165) is 61.4 Å². The number of likely N-dealkylation sites (N-methyl/N-ethyl adjacent to an activating group) is 1. The zero-order valence-corrected chi connectivity index (χ0v) is 22.0. The van der Waals surface area contributed by atoms with Gasteiger partial charge in [-0.2, -0.15) is 0 Å². The third-order valence-corrected chi connectivity index (χ3v) is 5.61. The van der Waals surface area contributed by atoms with Crippen molar-refractivity contribution in [1.29, 1.82) is 0 Å². The molecule has 1 saturated heterocycles. The number of hydrogen-bond donors (Lipinski definition) is 2. The normalized spacial score (nSPS) is 15.6. The van der Waals surface area contributed by atoms with Crippen LogP contribution in [-0.4, -0.2) is 68.3 Å². The fourth-order valence-electron chi connectivity index (χ4n) is 3.60. The first-order valence-electron chi connectivity index (χ1n) is 11.2. The third kappa shape index (κ3) is 7.81. The quantitative estimate of drug-likeness (QED) is 0.298. The van der Waals surface area contributed by atoms with Crippen LogP contribution in [-0.2, 0) is 6.54 Å². The molecule has 0 amide bonds. The highest BCUT2D eigenvalue weighted by atomic mass is 127. The number of hydrogen-bond acceptors (Lipinski definition) is 5. The van der Waals surface area contributed by atoms with Gasteiger partial charge < -0.3 is 25.2 Å². The Kier molecular flexibility index (Phi) is 11.0. The predicted octanol–water partition coefficient (Wildman–Crippen LogP) is 3.28. The van der Waals surface area contributed by atoms with Gasteiger partial charge in [0.05, 0.1) is 6.54 Å². The molecule has 2 aromatic rings. The summed E-state index contributed by atoms with van der Waals surface area (Å²) in [6, 6.07) is 12.3. The molecule has 1 fully saturated rings. The molecule has 0 radical (unpaired) electrons. The van der Waals surface area contributed by atoms with Crippen LogP contribution in [0.3, 0.4) is 0 Å². The minimum Gasteiger partial charge on any atom is -0.489 e. The van der Waals surface area contributed by atoms with Gasteiger partial charge in [-0.05, 0) is 43.7 Å². The van der Waals surface area contributed by atoms with Gasteiger partial charge in [0.1, 0.15) is 17.7 Å². The molecule has 2 N–H and O–H groups in total. The number of halogens is 1. The molecule has 0 spiro atoms. The summed E-state index contributed by atoms with van der Waals surface area (Å²) in [4.78, 5) is 13.8. The number of ether oxygens (including phenoxy) is 1. The van der Waals surface area contributed by atoms with E-state index in [2.05, 4.69) is 69.4 Å². The lowest BCUT2D eigenvalue weighted by Crippen LogP contribution is -2.46. The molecule has 2 heterocycles. The number of benzene rings is 1. The predicted molar refractivity (Wildman–Crippen MR) is 143 cm³/mol. The summed E-state index contributed by atoms with van der Waals surface area (Å²) >= 11 is 0. The summed E-state index contributed by atoms with van der Waals surface area (Å²) in [6.45, 7) is 13.1. The molecular formula is C24H37IN6O. The van der Waals surface area contributed by atoms with Gasteiger partial charge in [0.25, 0.3) is 0 Å². The fourth-order valence-corrected chi connectivity index (χ4v) is 3.60. The van der Waals surface area contributed by atoms with E-state index in [9.17, 15) is 0 Å². The van der Waals surface area contributed by atoms with Crippen LogP contribution in [0.5, 0.6) is 5.75 Å². The van der Waals surface area contributed by atoms with Crippen LogP contribution in [0.15, 0.2) is 47.6 Å². The molecule has 0 saturated carbocycles. The molecule has 1 aromatic heterocycles. The zero-order valence-electron chi connectivity index (χ0n) is 19.7. The molecule has 1 atom stereocenters. The summed E-state index contributed by atoms with van der Waals surface area (Å²) in [6.07, 6.45) is 1.97. The Morgan fingerprint density at radius 1 is 1.12 bits per heavy atom. The van der Waals surface area contributed by atoms with Crippen molar-refractivity contribution in [2.24, 2.45) is 4.99 Å². The van der Waals surface area contributed by atoms with Crippen molar-refractivity contribution in [2.75, 3.05) is 51.2 Å². The number of anilines is 1. The minimum atomic E-state index is 0. The number of piperazine rings is 1. The van der Waals surface area contributed by atoms with E-state index in [1.165, 1.54) is 0 Å². The van der Waals surface area contributed by atoms with Crippen molar-refractivity contribution in [3.05, 3.63) is 53.7 Å². The number of aromatic nitrogens is 1. The lowest BCUT2D eigenvalue weighted by atomic mass is 10.2. The highest BCUT2D eigenvalue weighted by molar-refractivity contribution is 14.0. The Morgan fingerprint density at radius 3 is 2.50 bits per heavy atom. The fraction of sp³-hybridized carbons (Fsp3) is 0.500. The maximum absolute atomic E-state index is 6.02. The minimum absolute atomic E-state index is 0. The number of nitrogens with zero attached hydrogens (tertiary/aromatic N) is 4. The molecule has 1 aliphatic heterocycles. The number of rotatable bonds is 8. The molecule has 0 aliphatic carbocycles. The second-order valence-electron chi connectivity index (χ2n) is 7.95. The van der Waals surface area contributed by atoms with Crippen molar-refractivity contribution in [3.8, 4) is 5.75 Å². The van der Waals surface area contributed by atoms with E-state index in [1.807, 2.05) is 24.4 Å². The molecule has 3 rings (SSSR count). The second kappa shape index (κ2) is 13.5. The van der Waals surface area contributed by atoms with Crippen molar-refractivity contribution >= 4 is 35.8 Å². The van der Waals surface area contributed by atoms with Crippen LogP contribution in [0.2, 0.25) is 0 Å². The van der Waals surface area contributed by atoms with Crippen LogP contribution in [0.25, 0.3) is 0 Å². The van der Waals surface area contributed by atoms with E-state index >= 15 is 0 Å². The summed E-state index contributed by atoms with van der Waals surface area (Å²) in [5.74, 6) is 2.73. The van der Waals surface area contributed by atoms with Crippen LogP contribution in [0, 0.1) is 6.92 Å². The number of aliphatic imine (C=N–C) groups is 1. The van der Waals surface area contributed by atoms with E-state index in [4.69, 9.17) is 4.74 Å². The Hall–Kier alpha value is -2.07. The molecule has 1 aromatic carbocycles. The number of nitrogens with one attached hydrogen (secondary N) is 2. The Morgan fingerprint density at radius 2 is 1.88 bits per heavy atom. The third-order valence-electron chi connectivity index (χ3n) is 5.61. The van der Waals surface area contributed by atoms with Crippen LogP contribution < -0.4 is 20.3 Å². The standard InChI is InChI=1S/C24H36N6O.HI/c1-5-29-12-14-30(15-13-29)23-11-10-21(17-26-23)18-28-24(25-4)27-16-20(3)31-22-9-7-6-8-19(22)2;/h6-11,17,20H,5,12-16,18H2,1-4H3,(H2,25,27,28);1H. The Bertz CT molecular complexity index is 837. The Balaban J connectivity index is 0.00000363. The number of pyridine rings is 1. The van der Waals surface area contributed by atoms with Gasteiger partial charge in [-0.25, -0.2) is 4.98 Å². The molecule has 1 unspecified atom stereocenters. The SMILES string of the molecule is CCN1CCN(c2ccc(CNC(=NC)NCC(C)Oc3ccccc3C)cn2)CC1.I. The Labute approximate surface area is 209 Å². The topological polar surface area (TPSA) is 65.0 Å². The van der Waals surface area contributed by atoms with E-state index in [0.29, 0.717) is 13.1 Å². The smallest absolute Gasteiger partial charge is 0.191 e. The summed E-state index contributed by atoms with van der Waals surface area (Å²) in [5.41, 5.74) is 2.27. The molecule has 8 heteroatoms. The molecule has 0 bridgehead atoms.